The smallest absolute Gasteiger partial charge is 0.258 e. The molecule has 0 saturated heterocycles. The normalized spacial score (nSPS) is 10.9. The summed E-state index contributed by atoms with van der Waals surface area (Å²) in [6.07, 6.45) is -0.205. The summed E-state index contributed by atoms with van der Waals surface area (Å²) in [6, 6.07) is 6.08. The highest BCUT2D eigenvalue weighted by molar-refractivity contribution is 6.31. The summed E-state index contributed by atoms with van der Waals surface area (Å²) in [5.74, 6) is -1.03. The lowest BCUT2D eigenvalue weighted by Gasteiger charge is -2.08. The quantitative estimate of drug-likeness (QED) is 0.752. The molecule has 2 N–H and O–H groups in total. The van der Waals surface area contributed by atoms with Crippen LogP contribution in [-0.2, 0) is 6.42 Å². The first-order valence-corrected chi connectivity index (χ1v) is 6.98. The van der Waals surface area contributed by atoms with Gasteiger partial charge in [-0.25, -0.2) is 4.39 Å². The van der Waals surface area contributed by atoms with Crippen molar-refractivity contribution in [2.45, 2.75) is 13.3 Å². The molecule has 6 nitrogen and oxygen atoms in total. The monoisotopic (exact) mass is 332 g/mol. The maximum Gasteiger partial charge on any atom is 0.258 e. The molecule has 0 aliphatic carbocycles. The van der Waals surface area contributed by atoms with Crippen LogP contribution in [0.4, 0.5) is 4.39 Å². The number of H-pyrrole nitrogens is 1. The number of hydrogen-bond acceptors (Lipinski definition) is 4. The highest BCUT2D eigenvalue weighted by Crippen LogP contribution is 2.25. The van der Waals surface area contributed by atoms with Gasteiger partial charge < -0.3 is 10.1 Å². The summed E-state index contributed by atoms with van der Waals surface area (Å²) in [7, 11) is 0. The van der Waals surface area contributed by atoms with E-state index in [0.717, 1.165) is 4.52 Å². The number of aromatic nitrogens is 3. The third kappa shape index (κ3) is 2.33. The molecule has 3 rings (SSSR count). The average Bonchev–Trinajstić information content (AvgIpc) is 2.81. The van der Waals surface area contributed by atoms with Crippen molar-refractivity contribution in [3.05, 3.63) is 61.8 Å². The minimum Gasteiger partial charge on any atom is -0.493 e. The van der Waals surface area contributed by atoms with Crippen molar-refractivity contribution < 1.29 is 9.50 Å². The van der Waals surface area contributed by atoms with E-state index in [4.69, 9.17) is 16.9 Å². The van der Waals surface area contributed by atoms with Crippen LogP contribution in [0.15, 0.2) is 23.0 Å². The minimum absolute atomic E-state index is 0.0866. The van der Waals surface area contributed by atoms with Crippen LogP contribution < -0.4 is 5.56 Å². The molecule has 1 aromatic carbocycles. The number of aromatic hydroxyl groups is 1. The standard InChI is InChI=1S/C15H10ClFN4O2/c1-7-10(6-18)13-19-14(22)9(15(23)21(13)20-7)5-8-11(16)3-2-4-12(8)17/h2-4,23H,5H2,1H3,(H,19,22). The first-order chi connectivity index (χ1) is 10.9. The number of nitrogens with zero attached hydrogens (tertiary/aromatic N) is 3. The van der Waals surface area contributed by atoms with Gasteiger partial charge in [-0.2, -0.15) is 14.9 Å². The Morgan fingerprint density at radius 3 is 2.87 bits per heavy atom. The maximum atomic E-state index is 13.9. The largest absolute Gasteiger partial charge is 0.493 e. The molecule has 0 aliphatic rings. The Kier molecular flexibility index (Phi) is 3.54. The second kappa shape index (κ2) is 5.41. The zero-order valence-corrected chi connectivity index (χ0v) is 12.6. The third-order valence-corrected chi connectivity index (χ3v) is 3.92. The lowest BCUT2D eigenvalue weighted by atomic mass is 10.1. The van der Waals surface area contributed by atoms with Gasteiger partial charge in [0.1, 0.15) is 17.4 Å². The molecule has 0 saturated carbocycles. The van der Waals surface area contributed by atoms with Gasteiger partial charge in [-0.05, 0) is 19.1 Å². The zero-order chi connectivity index (χ0) is 16.7. The molecular weight excluding hydrogens is 323 g/mol. The molecule has 0 bridgehead atoms. The zero-order valence-electron chi connectivity index (χ0n) is 11.9. The van der Waals surface area contributed by atoms with E-state index in [1.54, 1.807) is 6.92 Å². The van der Waals surface area contributed by atoms with Crippen LogP contribution in [0.5, 0.6) is 5.88 Å². The van der Waals surface area contributed by atoms with Crippen LogP contribution in [0, 0.1) is 24.1 Å². The highest BCUT2D eigenvalue weighted by atomic mass is 35.5. The molecule has 3 aromatic rings. The van der Waals surface area contributed by atoms with E-state index < -0.39 is 17.3 Å². The van der Waals surface area contributed by atoms with Crippen LogP contribution in [0.2, 0.25) is 5.02 Å². The molecule has 0 spiro atoms. The molecule has 0 fully saturated rings. The summed E-state index contributed by atoms with van der Waals surface area (Å²) in [5.41, 5.74) is -0.0100. The number of fused-ring (bicyclic) bond motifs is 1. The van der Waals surface area contributed by atoms with Crippen molar-refractivity contribution in [3.8, 4) is 11.9 Å². The van der Waals surface area contributed by atoms with E-state index in [2.05, 4.69) is 10.1 Å². The molecule has 23 heavy (non-hydrogen) atoms. The molecule has 2 heterocycles. The number of nitrogens with one attached hydrogen (secondary N) is 1. The molecule has 8 heteroatoms. The summed E-state index contributed by atoms with van der Waals surface area (Å²) >= 11 is 5.95. The van der Waals surface area contributed by atoms with E-state index in [1.807, 2.05) is 6.07 Å². The molecule has 2 aromatic heterocycles. The molecule has 0 amide bonds. The first kappa shape index (κ1) is 15.1. The molecule has 0 radical (unpaired) electrons. The number of aromatic amines is 1. The van der Waals surface area contributed by atoms with Gasteiger partial charge in [0.25, 0.3) is 5.56 Å². The SMILES string of the molecule is Cc1nn2c(O)c(Cc3c(F)cccc3Cl)c(=O)[nH]c2c1C#N. The van der Waals surface area contributed by atoms with Crippen molar-refractivity contribution in [2.75, 3.05) is 0 Å². The maximum absolute atomic E-state index is 13.9. The van der Waals surface area contributed by atoms with Gasteiger partial charge in [0.05, 0.1) is 11.3 Å². The lowest BCUT2D eigenvalue weighted by Crippen LogP contribution is -2.17. The van der Waals surface area contributed by atoms with Gasteiger partial charge in [-0.3, -0.25) is 4.79 Å². The topological polar surface area (TPSA) is 94.2 Å². The Labute approximate surface area is 134 Å². The Hall–Kier alpha value is -2.85. The average molecular weight is 333 g/mol. The third-order valence-electron chi connectivity index (χ3n) is 3.56. The number of aryl methyl sites for hydroxylation is 1. The van der Waals surface area contributed by atoms with Gasteiger partial charge >= 0.3 is 0 Å². The van der Waals surface area contributed by atoms with E-state index in [-0.39, 0.29) is 33.8 Å². The number of nitriles is 1. The molecular formula is C15H10ClFN4O2. The number of rotatable bonds is 2. The van der Waals surface area contributed by atoms with Crippen LogP contribution in [0.25, 0.3) is 5.65 Å². The fraction of sp³-hybridized carbons (Fsp3) is 0.133. The molecule has 0 aliphatic heterocycles. The number of hydrogen-bond donors (Lipinski definition) is 2. The van der Waals surface area contributed by atoms with Crippen LogP contribution in [-0.4, -0.2) is 19.7 Å². The Bertz CT molecular complexity index is 1010. The van der Waals surface area contributed by atoms with Crippen LogP contribution >= 0.6 is 11.6 Å². The summed E-state index contributed by atoms with van der Waals surface area (Å²) in [4.78, 5) is 14.7. The first-order valence-electron chi connectivity index (χ1n) is 6.60. The Morgan fingerprint density at radius 2 is 2.22 bits per heavy atom. The van der Waals surface area contributed by atoms with Crippen molar-refractivity contribution in [2.24, 2.45) is 0 Å². The van der Waals surface area contributed by atoms with E-state index >= 15 is 0 Å². The van der Waals surface area contributed by atoms with E-state index in [0.29, 0.717) is 5.69 Å². The lowest BCUT2D eigenvalue weighted by molar-refractivity contribution is 0.427. The van der Waals surface area contributed by atoms with Crippen molar-refractivity contribution >= 4 is 17.2 Å². The minimum atomic E-state index is -0.634. The number of benzene rings is 1. The molecule has 116 valence electrons. The summed E-state index contributed by atoms with van der Waals surface area (Å²) < 4.78 is 14.9. The van der Waals surface area contributed by atoms with Crippen molar-refractivity contribution in [3.63, 3.8) is 0 Å². The van der Waals surface area contributed by atoms with Gasteiger partial charge in [-0.15, -0.1) is 0 Å². The Morgan fingerprint density at radius 1 is 1.48 bits per heavy atom. The molecule has 0 atom stereocenters. The van der Waals surface area contributed by atoms with Crippen molar-refractivity contribution in [1.29, 1.82) is 5.26 Å². The fourth-order valence-electron chi connectivity index (χ4n) is 2.38. The second-order valence-corrected chi connectivity index (χ2v) is 5.37. The predicted octanol–water partition coefficient (Wildman–Crippen LogP) is 2.29. The van der Waals surface area contributed by atoms with Gasteiger partial charge in [-0.1, -0.05) is 17.7 Å². The van der Waals surface area contributed by atoms with Gasteiger partial charge in [0, 0.05) is 17.0 Å². The van der Waals surface area contributed by atoms with Gasteiger partial charge in [0.2, 0.25) is 5.88 Å². The van der Waals surface area contributed by atoms with E-state index in [9.17, 15) is 14.3 Å². The van der Waals surface area contributed by atoms with Crippen LogP contribution in [0.1, 0.15) is 22.4 Å². The van der Waals surface area contributed by atoms with Gasteiger partial charge in [0.15, 0.2) is 5.65 Å². The highest BCUT2D eigenvalue weighted by Gasteiger charge is 2.20. The Balaban J connectivity index is 2.24. The van der Waals surface area contributed by atoms with E-state index in [1.165, 1.54) is 18.2 Å². The second-order valence-electron chi connectivity index (χ2n) is 4.97. The molecule has 0 unspecified atom stereocenters. The predicted molar refractivity (Wildman–Crippen MR) is 81.1 cm³/mol. The fourth-order valence-corrected chi connectivity index (χ4v) is 2.61. The summed E-state index contributed by atoms with van der Waals surface area (Å²) in [6.45, 7) is 1.58. The van der Waals surface area contributed by atoms with Crippen molar-refractivity contribution in [1.82, 2.24) is 14.6 Å². The number of halogens is 2. The van der Waals surface area contributed by atoms with Crippen LogP contribution in [0.3, 0.4) is 0 Å². The summed E-state index contributed by atoms with van der Waals surface area (Å²) in [5, 5.41) is 23.6.